The highest BCUT2D eigenvalue weighted by molar-refractivity contribution is 5.96. The molecule has 3 aromatic rings. The fourth-order valence-corrected chi connectivity index (χ4v) is 4.94. The van der Waals surface area contributed by atoms with E-state index < -0.39 is 5.41 Å². The summed E-state index contributed by atoms with van der Waals surface area (Å²) < 4.78 is 5.56. The number of amides is 2. The molecule has 0 radical (unpaired) electrons. The lowest BCUT2D eigenvalue weighted by atomic mass is 9.80. The zero-order valence-electron chi connectivity index (χ0n) is 17.8. The summed E-state index contributed by atoms with van der Waals surface area (Å²) in [4.78, 5) is 38.7. The van der Waals surface area contributed by atoms with Crippen LogP contribution in [-0.2, 0) is 5.41 Å². The number of fused-ring (bicyclic) bond motifs is 1. The van der Waals surface area contributed by atoms with Crippen molar-refractivity contribution < 1.29 is 14.0 Å². The second-order valence-corrected chi connectivity index (χ2v) is 8.54. The first-order chi connectivity index (χ1) is 14.9. The van der Waals surface area contributed by atoms with Crippen LogP contribution in [0, 0.1) is 26.7 Å². The number of aromatic nitrogens is 4. The van der Waals surface area contributed by atoms with Crippen LogP contribution in [0.5, 0.6) is 0 Å². The molecule has 5 rings (SSSR count). The number of rotatable bonds is 3. The lowest BCUT2D eigenvalue weighted by Crippen LogP contribution is -2.42. The maximum atomic E-state index is 13.3. The van der Waals surface area contributed by atoms with Gasteiger partial charge in [-0.15, -0.1) is 0 Å². The predicted molar refractivity (Wildman–Crippen MR) is 111 cm³/mol. The van der Waals surface area contributed by atoms with Crippen molar-refractivity contribution in [3.8, 4) is 0 Å². The molecule has 0 spiro atoms. The Morgan fingerprint density at radius 3 is 2.48 bits per heavy atom. The average molecular weight is 420 g/mol. The van der Waals surface area contributed by atoms with E-state index in [4.69, 9.17) is 4.42 Å². The van der Waals surface area contributed by atoms with E-state index in [1.807, 2.05) is 23.6 Å². The lowest BCUT2D eigenvalue weighted by Gasteiger charge is -2.26. The number of aromatic amines is 1. The molecule has 2 aliphatic rings. The van der Waals surface area contributed by atoms with Crippen LogP contribution < -0.4 is 0 Å². The molecule has 9 nitrogen and oxygen atoms in total. The molecule has 9 heteroatoms. The van der Waals surface area contributed by atoms with E-state index in [1.165, 1.54) is 0 Å². The van der Waals surface area contributed by atoms with Gasteiger partial charge in [-0.1, -0.05) is 0 Å². The summed E-state index contributed by atoms with van der Waals surface area (Å²) in [6, 6.07) is 5.31. The van der Waals surface area contributed by atoms with E-state index in [0.717, 1.165) is 0 Å². The number of nitrogens with zero attached hydrogens (tertiary/aromatic N) is 5. The van der Waals surface area contributed by atoms with Crippen molar-refractivity contribution in [1.29, 1.82) is 0 Å². The molecule has 2 aliphatic heterocycles. The van der Waals surface area contributed by atoms with Crippen LogP contribution >= 0.6 is 0 Å². The molecule has 0 unspecified atom stereocenters. The Morgan fingerprint density at radius 2 is 1.90 bits per heavy atom. The van der Waals surface area contributed by atoms with Crippen LogP contribution in [0.15, 0.2) is 35.0 Å². The summed E-state index contributed by atoms with van der Waals surface area (Å²) in [6.45, 7) is 7.47. The molecule has 5 heterocycles. The fourth-order valence-electron chi connectivity index (χ4n) is 4.94. The van der Waals surface area contributed by atoms with Crippen LogP contribution in [0.2, 0.25) is 0 Å². The minimum atomic E-state index is -0.509. The maximum Gasteiger partial charge on any atom is 0.257 e. The summed E-state index contributed by atoms with van der Waals surface area (Å²) in [5.74, 6) is 2.64. The van der Waals surface area contributed by atoms with Gasteiger partial charge in [-0.2, -0.15) is 5.10 Å². The van der Waals surface area contributed by atoms with Gasteiger partial charge in [-0.05, 0) is 39.0 Å². The molecular formula is C22H24N6O3. The summed E-state index contributed by atoms with van der Waals surface area (Å²) in [7, 11) is 0. The smallest absolute Gasteiger partial charge is 0.257 e. The number of furan rings is 1. The standard InChI is InChI=1S/C22H24N6O3/c1-13-7-18(14(2)31-13)20(30)28-10-17-9-27(19(29)16-5-4-6-23-8-16)11-22(17,12-28)21-24-15(3)25-26-21/h4-8,17H,9-12H2,1-3H3,(H,24,25,26)/t17-,22-/m0/s1. The third kappa shape index (κ3) is 3.11. The van der Waals surface area contributed by atoms with E-state index in [1.54, 1.807) is 37.5 Å². The highest BCUT2D eigenvalue weighted by Gasteiger charge is 2.58. The molecule has 0 bridgehead atoms. The van der Waals surface area contributed by atoms with Gasteiger partial charge >= 0.3 is 0 Å². The minimum Gasteiger partial charge on any atom is -0.466 e. The number of carbonyl (C=O) groups excluding carboxylic acids is 2. The van der Waals surface area contributed by atoms with Crippen LogP contribution in [0.25, 0.3) is 0 Å². The third-order valence-electron chi connectivity index (χ3n) is 6.41. The van der Waals surface area contributed by atoms with Crippen molar-refractivity contribution in [2.45, 2.75) is 26.2 Å². The quantitative estimate of drug-likeness (QED) is 0.693. The second kappa shape index (κ2) is 7.04. The maximum absolute atomic E-state index is 13.3. The Hall–Kier alpha value is -3.49. The Bertz CT molecular complexity index is 1150. The van der Waals surface area contributed by atoms with Gasteiger partial charge in [0.25, 0.3) is 11.8 Å². The van der Waals surface area contributed by atoms with Crippen molar-refractivity contribution in [3.63, 3.8) is 0 Å². The van der Waals surface area contributed by atoms with Gasteiger partial charge in [0.05, 0.1) is 16.5 Å². The zero-order valence-corrected chi connectivity index (χ0v) is 17.8. The van der Waals surface area contributed by atoms with Crippen molar-refractivity contribution in [2.24, 2.45) is 5.92 Å². The Labute approximate surface area is 179 Å². The van der Waals surface area contributed by atoms with Gasteiger partial charge in [0.1, 0.15) is 17.3 Å². The van der Waals surface area contributed by atoms with Crippen LogP contribution in [0.3, 0.4) is 0 Å². The number of hydrogen-bond acceptors (Lipinski definition) is 6. The second-order valence-electron chi connectivity index (χ2n) is 8.54. The van der Waals surface area contributed by atoms with Gasteiger partial charge in [-0.25, -0.2) is 4.98 Å². The van der Waals surface area contributed by atoms with Gasteiger partial charge < -0.3 is 14.2 Å². The van der Waals surface area contributed by atoms with E-state index in [9.17, 15) is 9.59 Å². The first-order valence-corrected chi connectivity index (χ1v) is 10.3. The van der Waals surface area contributed by atoms with Crippen LogP contribution in [0.1, 0.15) is 43.9 Å². The summed E-state index contributed by atoms with van der Waals surface area (Å²) >= 11 is 0. The summed E-state index contributed by atoms with van der Waals surface area (Å²) in [6.07, 6.45) is 3.23. The van der Waals surface area contributed by atoms with Gasteiger partial charge in [0, 0.05) is 44.5 Å². The molecule has 3 aromatic heterocycles. The molecular weight excluding hydrogens is 396 g/mol. The monoisotopic (exact) mass is 420 g/mol. The number of pyridine rings is 1. The van der Waals surface area contributed by atoms with Crippen LogP contribution in [-0.4, -0.2) is 68.0 Å². The number of aryl methyl sites for hydroxylation is 3. The molecule has 2 fully saturated rings. The van der Waals surface area contributed by atoms with Crippen molar-refractivity contribution in [1.82, 2.24) is 30.0 Å². The Kier molecular flexibility index (Phi) is 4.42. The normalized spacial score (nSPS) is 22.7. The first kappa shape index (κ1) is 19.5. The largest absolute Gasteiger partial charge is 0.466 e. The average Bonchev–Trinajstić information content (AvgIpc) is 3.49. The van der Waals surface area contributed by atoms with Crippen LogP contribution in [0.4, 0.5) is 0 Å². The van der Waals surface area contributed by atoms with Gasteiger partial charge in [0.2, 0.25) is 0 Å². The predicted octanol–water partition coefficient (Wildman–Crippen LogP) is 1.88. The lowest BCUT2D eigenvalue weighted by molar-refractivity contribution is 0.0730. The van der Waals surface area contributed by atoms with Gasteiger partial charge in [0.15, 0.2) is 5.82 Å². The molecule has 2 amide bonds. The molecule has 2 atom stereocenters. The van der Waals surface area contributed by atoms with Crippen molar-refractivity contribution >= 4 is 11.8 Å². The summed E-state index contributed by atoms with van der Waals surface area (Å²) in [5, 5.41) is 7.37. The summed E-state index contributed by atoms with van der Waals surface area (Å²) in [5.41, 5.74) is 0.633. The minimum absolute atomic E-state index is 0.0422. The number of H-pyrrole nitrogens is 1. The SMILES string of the molecule is Cc1nc([C@]23CN(C(=O)c4cccnc4)C[C@H]2CN(C(=O)c2cc(C)oc2C)C3)n[nH]1. The van der Waals surface area contributed by atoms with E-state index in [-0.39, 0.29) is 17.7 Å². The van der Waals surface area contributed by atoms with Crippen molar-refractivity contribution in [2.75, 3.05) is 26.2 Å². The topological polar surface area (TPSA) is 108 Å². The van der Waals surface area contributed by atoms with E-state index in [0.29, 0.717) is 60.5 Å². The number of carbonyl (C=O) groups is 2. The number of likely N-dealkylation sites (tertiary alicyclic amines) is 2. The van der Waals surface area contributed by atoms with E-state index in [2.05, 4.69) is 20.2 Å². The third-order valence-corrected chi connectivity index (χ3v) is 6.41. The fraction of sp³-hybridized carbons (Fsp3) is 0.409. The molecule has 2 saturated heterocycles. The molecule has 160 valence electrons. The Balaban J connectivity index is 1.46. The highest BCUT2D eigenvalue weighted by Crippen LogP contribution is 2.44. The molecule has 0 aliphatic carbocycles. The number of hydrogen-bond donors (Lipinski definition) is 1. The molecule has 0 aromatic carbocycles. The van der Waals surface area contributed by atoms with Crippen molar-refractivity contribution in [3.05, 3.63) is 64.9 Å². The first-order valence-electron chi connectivity index (χ1n) is 10.3. The number of nitrogens with one attached hydrogen (secondary N) is 1. The molecule has 1 N–H and O–H groups in total. The molecule has 31 heavy (non-hydrogen) atoms. The zero-order chi connectivity index (χ0) is 21.8. The van der Waals surface area contributed by atoms with Gasteiger partial charge in [-0.3, -0.25) is 19.7 Å². The Morgan fingerprint density at radius 1 is 1.16 bits per heavy atom. The molecule has 0 saturated carbocycles. The highest BCUT2D eigenvalue weighted by atomic mass is 16.3. The van der Waals surface area contributed by atoms with E-state index >= 15 is 0 Å².